The summed E-state index contributed by atoms with van der Waals surface area (Å²) in [6, 6.07) is 9.94. The molecule has 4 aromatic rings. The van der Waals surface area contributed by atoms with E-state index >= 15 is 0 Å². The van der Waals surface area contributed by atoms with Gasteiger partial charge in [-0.1, -0.05) is 12.1 Å². The van der Waals surface area contributed by atoms with Gasteiger partial charge in [0.2, 0.25) is 5.82 Å². The molecule has 35 heavy (non-hydrogen) atoms. The molecular weight excluding hydrogens is 454 g/mol. The lowest BCUT2D eigenvalue weighted by molar-refractivity contribution is 0.0786. The van der Waals surface area contributed by atoms with Gasteiger partial charge in [0, 0.05) is 17.8 Å². The van der Waals surface area contributed by atoms with Gasteiger partial charge in [0.25, 0.3) is 5.91 Å². The SMILES string of the molecule is CC(C)(O)c1ccc(NC(=O)c2nnc3cnc(N4CCC[C@@H]4c4cc(F)ccc4F)cn23)cc1. The molecule has 8 nitrogen and oxygen atoms in total. The molecule has 1 aliphatic heterocycles. The van der Waals surface area contributed by atoms with E-state index in [9.17, 15) is 18.7 Å². The van der Waals surface area contributed by atoms with Crippen LogP contribution in [0.4, 0.5) is 20.3 Å². The maximum atomic E-state index is 14.5. The van der Waals surface area contributed by atoms with Crippen molar-refractivity contribution in [3.05, 3.63) is 83.4 Å². The number of aliphatic hydroxyl groups is 1. The number of halogens is 2. The Balaban J connectivity index is 1.42. The second-order valence-electron chi connectivity index (χ2n) is 9.11. The van der Waals surface area contributed by atoms with Crippen LogP contribution >= 0.6 is 0 Å². The van der Waals surface area contributed by atoms with Crippen LogP contribution in [0.1, 0.15) is 54.5 Å². The number of fused-ring (bicyclic) bond motifs is 1. The Bertz CT molecular complexity index is 1400. The number of hydrogen-bond donors (Lipinski definition) is 2. The summed E-state index contributed by atoms with van der Waals surface area (Å²) in [6.07, 6.45) is 4.57. The number of benzene rings is 2. The topological polar surface area (TPSA) is 95.6 Å². The number of amides is 1. The number of carbonyl (C=O) groups is 1. The predicted molar refractivity (Wildman–Crippen MR) is 126 cm³/mol. The molecule has 3 heterocycles. The molecule has 1 saturated heterocycles. The molecule has 2 N–H and O–H groups in total. The van der Waals surface area contributed by atoms with Gasteiger partial charge in [0.05, 0.1) is 24.0 Å². The molecule has 0 saturated carbocycles. The zero-order chi connectivity index (χ0) is 24.7. The molecule has 5 rings (SSSR count). The summed E-state index contributed by atoms with van der Waals surface area (Å²) in [6.45, 7) is 3.97. The number of aromatic nitrogens is 4. The molecule has 1 amide bonds. The van der Waals surface area contributed by atoms with E-state index in [4.69, 9.17) is 0 Å². The zero-order valence-electron chi connectivity index (χ0n) is 19.2. The van der Waals surface area contributed by atoms with Crippen molar-refractivity contribution in [1.82, 2.24) is 19.6 Å². The van der Waals surface area contributed by atoms with Gasteiger partial charge in [0.1, 0.15) is 17.5 Å². The highest BCUT2D eigenvalue weighted by atomic mass is 19.1. The van der Waals surface area contributed by atoms with Gasteiger partial charge in [-0.25, -0.2) is 13.8 Å². The average molecular weight is 479 g/mol. The van der Waals surface area contributed by atoms with E-state index in [1.165, 1.54) is 16.7 Å². The van der Waals surface area contributed by atoms with Crippen molar-refractivity contribution in [1.29, 1.82) is 0 Å². The molecule has 1 aliphatic rings. The molecule has 1 fully saturated rings. The number of hydrogen-bond acceptors (Lipinski definition) is 6. The molecule has 0 bridgehead atoms. The van der Waals surface area contributed by atoms with Crippen LogP contribution < -0.4 is 10.2 Å². The van der Waals surface area contributed by atoms with Crippen molar-refractivity contribution in [2.45, 2.75) is 38.3 Å². The van der Waals surface area contributed by atoms with Gasteiger partial charge >= 0.3 is 0 Å². The summed E-state index contributed by atoms with van der Waals surface area (Å²) in [5, 5.41) is 20.9. The first-order chi connectivity index (χ1) is 16.7. The number of anilines is 2. The molecule has 0 unspecified atom stereocenters. The summed E-state index contributed by atoms with van der Waals surface area (Å²) in [7, 11) is 0. The van der Waals surface area contributed by atoms with Crippen LogP contribution in [-0.4, -0.2) is 37.1 Å². The number of nitrogens with one attached hydrogen (secondary N) is 1. The minimum atomic E-state index is -0.989. The van der Waals surface area contributed by atoms with Gasteiger partial charge < -0.3 is 15.3 Å². The first-order valence-electron chi connectivity index (χ1n) is 11.3. The smallest absolute Gasteiger partial charge is 0.293 e. The van der Waals surface area contributed by atoms with Gasteiger partial charge in [-0.15, -0.1) is 10.2 Å². The minimum absolute atomic E-state index is 0.0582. The molecule has 2 aromatic carbocycles. The van der Waals surface area contributed by atoms with Crippen LogP contribution in [0.5, 0.6) is 0 Å². The van der Waals surface area contributed by atoms with Gasteiger partial charge in [0.15, 0.2) is 5.65 Å². The molecule has 0 spiro atoms. The van der Waals surface area contributed by atoms with E-state index < -0.39 is 23.1 Å². The minimum Gasteiger partial charge on any atom is -0.386 e. The van der Waals surface area contributed by atoms with Crippen LogP contribution in [0, 0.1) is 11.6 Å². The largest absolute Gasteiger partial charge is 0.386 e. The van der Waals surface area contributed by atoms with Crippen molar-refractivity contribution in [2.24, 2.45) is 0 Å². The molecule has 0 radical (unpaired) electrons. The van der Waals surface area contributed by atoms with E-state index in [1.807, 2.05) is 4.90 Å². The van der Waals surface area contributed by atoms with Gasteiger partial charge in [-0.3, -0.25) is 9.20 Å². The Morgan fingerprint density at radius 3 is 2.66 bits per heavy atom. The summed E-state index contributed by atoms with van der Waals surface area (Å²) < 4.78 is 29.8. The lowest BCUT2D eigenvalue weighted by Crippen LogP contribution is -2.25. The van der Waals surface area contributed by atoms with Crippen LogP contribution in [0.25, 0.3) is 5.65 Å². The fourth-order valence-corrected chi connectivity index (χ4v) is 4.38. The molecular formula is C25H24F2N6O2. The van der Waals surface area contributed by atoms with E-state index in [0.717, 1.165) is 18.6 Å². The van der Waals surface area contributed by atoms with E-state index in [2.05, 4.69) is 20.5 Å². The monoisotopic (exact) mass is 478 g/mol. The Morgan fingerprint density at radius 2 is 1.91 bits per heavy atom. The highest BCUT2D eigenvalue weighted by Gasteiger charge is 2.30. The van der Waals surface area contributed by atoms with E-state index in [-0.39, 0.29) is 17.4 Å². The summed E-state index contributed by atoms with van der Waals surface area (Å²) in [5.41, 5.74) is 0.922. The van der Waals surface area contributed by atoms with Crippen LogP contribution in [0.3, 0.4) is 0 Å². The fourth-order valence-electron chi connectivity index (χ4n) is 4.38. The van der Waals surface area contributed by atoms with Gasteiger partial charge in [-0.2, -0.15) is 0 Å². The second-order valence-corrected chi connectivity index (χ2v) is 9.11. The average Bonchev–Trinajstić information content (AvgIpc) is 3.47. The Labute approximate surface area is 200 Å². The third kappa shape index (κ3) is 4.44. The van der Waals surface area contributed by atoms with Gasteiger partial charge in [-0.05, 0) is 62.6 Å². The molecule has 10 heteroatoms. The maximum Gasteiger partial charge on any atom is 0.293 e. The Morgan fingerprint density at radius 1 is 1.14 bits per heavy atom. The third-order valence-corrected chi connectivity index (χ3v) is 6.20. The van der Waals surface area contributed by atoms with Crippen molar-refractivity contribution in [3.63, 3.8) is 0 Å². The highest BCUT2D eigenvalue weighted by Crippen LogP contribution is 2.36. The van der Waals surface area contributed by atoms with Crippen molar-refractivity contribution in [3.8, 4) is 0 Å². The second kappa shape index (κ2) is 8.70. The number of rotatable bonds is 5. The first kappa shape index (κ1) is 22.9. The Kier molecular flexibility index (Phi) is 5.68. The normalized spacial score (nSPS) is 16.1. The molecule has 180 valence electrons. The summed E-state index contributed by atoms with van der Waals surface area (Å²) in [4.78, 5) is 19.3. The Hall–Kier alpha value is -3.92. The zero-order valence-corrected chi connectivity index (χ0v) is 19.2. The predicted octanol–water partition coefficient (Wildman–Crippen LogP) is 4.22. The molecule has 0 aliphatic carbocycles. The standard InChI is InChI=1S/C25H24F2N6O2/c1-25(2,35)15-5-8-17(9-6-15)29-24(34)23-31-30-21-13-28-22(14-33(21)23)32-11-3-4-20(32)18-12-16(26)7-10-19(18)27/h5-10,12-14,20,35H,3-4,11H2,1-2H3,(H,29,34)/t20-/m1/s1. The number of nitrogens with zero attached hydrogens (tertiary/aromatic N) is 5. The van der Waals surface area contributed by atoms with Crippen LogP contribution in [0.15, 0.2) is 54.9 Å². The number of carbonyl (C=O) groups excluding carboxylic acids is 1. The van der Waals surface area contributed by atoms with Crippen molar-refractivity contribution >= 4 is 23.1 Å². The lowest BCUT2D eigenvalue weighted by atomic mass is 9.98. The highest BCUT2D eigenvalue weighted by molar-refractivity contribution is 6.02. The lowest BCUT2D eigenvalue weighted by Gasteiger charge is -2.26. The summed E-state index contributed by atoms with van der Waals surface area (Å²) >= 11 is 0. The quantitative estimate of drug-likeness (QED) is 0.446. The fraction of sp³-hybridized carbons (Fsp3) is 0.280. The molecule has 2 aromatic heterocycles. The van der Waals surface area contributed by atoms with E-state index in [1.54, 1.807) is 44.3 Å². The first-order valence-corrected chi connectivity index (χ1v) is 11.3. The third-order valence-electron chi connectivity index (χ3n) is 6.20. The van der Waals surface area contributed by atoms with E-state index in [0.29, 0.717) is 35.7 Å². The van der Waals surface area contributed by atoms with Crippen molar-refractivity contribution < 1.29 is 18.7 Å². The maximum absolute atomic E-state index is 14.5. The van der Waals surface area contributed by atoms with Crippen LogP contribution in [0.2, 0.25) is 0 Å². The van der Waals surface area contributed by atoms with Crippen LogP contribution in [-0.2, 0) is 5.60 Å². The van der Waals surface area contributed by atoms with Crippen molar-refractivity contribution in [2.75, 3.05) is 16.8 Å². The summed E-state index contributed by atoms with van der Waals surface area (Å²) in [5.74, 6) is -0.871. The molecule has 1 atom stereocenters.